The van der Waals surface area contributed by atoms with Crippen molar-refractivity contribution in [2.24, 2.45) is 0 Å². The molecule has 0 spiro atoms. The molecule has 0 fully saturated rings. The van der Waals surface area contributed by atoms with Crippen molar-refractivity contribution in [3.63, 3.8) is 0 Å². The number of aliphatic hydroxyl groups is 1. The molecule has 0 aliphatic rings. The molecule has 0 aromatic heterocycles. The Kier molecular flexibility index (Phi) is 5.64. The van der Waals surface area contributed by atoms with E-state index >= 15 is 0 Å². The summed E-state index contributed by atoms with van der Waals surface area (Å²) < 4.78 is 5.36. The lowest BCUT2D eigenvalue weighted by Gasteiger charge is -2.16. The van der Waals surface area contributed by atoms with E-state index in [0.29, 0.717) is 43.6 Å². The summed E-state index contributed by atoms with van der Waals surface area (Å²) in [4.78, 5) is 0. The van der Waals surface area contributed by atoms with Crippen molar-refractivity contribution in [2.75, 3.05) is 6.61 Å². The third-order valence-electron chi connectivity index (χ3n) is 2.91. The van der Waals surface area contributed by atoms with Crippen LogP contribution in [0.2, 0.25) is 20.1 Å². The summed E-state index contributed by atoms with van der Waals surface area (Å²) in [6.07, 6.45) is -0.958. The minimum atomic E-state index is -0.958. The molecule has 112 valence electrons. The lowest BCUT2D eigenvalue weighted by molar-refractivity contribution is 0.220. The lowest BCUT2D eigenvalue weighted by Crippen LogP contribution is -2.02. The van der Waals surface area contributed by atoms with Gasteiger partial charge in [0.1, 0.15) is 11.9 Å². The topological polar surface area (TPSA) is 29.5 Å². The van der Waals surface area contributed by atoms with Gasteiger partial charge in [-0.25, -0.2) is 0 Å². The Morgan fingerprint density at radius 1 is 0.952 bits per heavy atom. The van der Waals surface area contributed by atoms with Gasteiger partial charge in [0, 0.05) is 11.6 Å². The van der Waals surface area contributed by atoms with Crippen molar-refractivity contribution in [2.45, 2.75) is 13.0 Å². The highest BCUT2D eigenvalue weighted by Crippen LogP contribution is 2.37. The van der Waals surface area contributed by atoms with Gasteiger partial charge in [0.05, 0.1) is 26.7 Å². The molecular weight excluding hydrogens is 354 g/mol. The molecule has 1 atom stereocenters. The fourth-order valence-corrected chi connectivity index (χ4v) is 2.67. The summed E-state index contributed by atoms with van der Waals surface area (Å²) in [5.41, 5.74) is 1.05. The molecule has 1 unspecified atom stereocenters. The summed E-state index contributed by atoms with van der Waals surface area (Å²) in [6, 6.07) is 8.06. The van der Waals surface area contributed by atoms with Crippen LogP contribution in [0.3, 0.4) is 0 Å². The van der Waals surface area contributed by atoms with Gasteiger partial charge in [-0.15, -0.1) is 0 Å². The Labute approximate surface area is 143 Å². The van der Waals surface area contributed by atoms with Crippen LogP contribution in [0.5, 0.6) is 5.75 Å². The van der Waals surface area contributed by atoms with E-state index < -0.39 is 6.10 Å². The van der Waals surface area contributed by atoms with Crippen LogP contribution < -0.4 is 4.74 Å². The molecule has 6 heteroatoms. The Balaban J connectivity index is 2.40. The molecule has 0 bridgehead atoms. The zero-order valence-electron chi connectivity index (χ0n) is 11.0. The Bertz CT molecular complexity index is 658. The molecule has 2 aromatic carbocycles. The van der Waals surface area contributed by atoms with E-state index in [1.54, 1.807) is 30.3 Å². The van der Waals surface area contributed by atoms with Gasteiger partial charge in [0.2, 0.25) is 0 Å². The van der Waals surface area contributed by atoms with Crippen LogP contribution in [0.1, 0.15) is 24.2 Å². The second-order valence-electron chi connectivity index (χ2n) is 4.31. The smallest absolute Gasteiger partial charge is 0.139 e. The molecule has 0 heterocycles. The van der Waals surface area contributed by atoms with E-state index in [1.807, 2.05) is 6.92 Å². The number of benzene rings is 2. The standard InChI is InChI=1S/C15H12Cl4O2/c1-2-21-14-7-11(17)9(6-13(14)19)15(20)8-3-4-10(16)12(18)5-8/h3-7,15,20H,2H2,1H3. The number of rotatable bonds is 4. The zero-order valence-corrected chi connectivity index (χ0v) is 14.1. The minimum Gasteiger partial charge on any atom is -0.492 e. The average Bonchev–Trinajstić information content (AvgIpc) is 2.45. The maximum Gasteiger partial charge on any atom is 0.139 e. The van der Waals surface area contributed by atoms with Crippen LogP contribution in [0.4, 0.5) is 0 Å². The van der Waals surface area contributed by atoms with Crippen molar-refractivity contribution in [1.82, 2.24) is 0 Å². The Morgan fingerprint density at radius 3 is 2.29 bits per heavy atom. The average molecular weight is 366 g/mol. The van der Waals surface area contributed by atoms with E-state index in [2.05, 4.69) is 0 Å². The van der Waals surface area contributed by atoms with Crippen molar-refractivity contribution < 1.29 is 9.84 Å². The molecule has 2 rings (SSSR count). The molecule has 0 saturated carbocycles. The fraction of sp³-hybridized carbons (Fsp3) is 0.200. The highest BCUT2D eigenvalue weighted by Gasteiger charge is 2.18. The first-order valence-corrected chi connectivity index (χ1v) is 7.70. The van der Waals surface area contributed by atoms with Crippen LogP contribution in [-0.2, 0) is 0 Å². The minimum absolute atomic E-state index is 0.362. The second kappa shape index (κ2) is 7.08. The van der Waals surface area contributed by atoms with Gasteiger partial charge >= 0.3 is 0 Å². The number of aliphatic hydroxyl groups excluding tert-OH is 1. The highest BCUT2D eigenvalue weighted by atomic mass is 35.5. The third kappa shape index (κ3) is 3.77. The van der Waals surface area contributed by atoms with Crippen LogP contribution >= 0.6 is 46.4 Å². The number of ether oxygens (including phenoxy) is 1. The molecular formula is C15H12Cl4O2. The maximum atomic E-state index is 10.4. The molecule has 0 radical (unpaired) electrons. The fourth-order valence-electron chi connectivity index (χ4n) is 1.88. The van der Waals surface area contributed by atoms with Crippen LogP contribution in [0.25, 0.3) is 0 Å². The quantitative estimate of drug-likeness (QED) is 0.743. The van der Waals surface area contributed by atoms with E-state index in [1.165, 1.54) is 0 Å². The number of hydrogen-bond donors (Lipinski definition) is 1. The molecule has 0 saturated heterocycles. The molecule has 2 nitrogen and oxygen atoms in total. The van der Waals surface area contributed by atoms with Crippen LogP contribution in [0.15, 0.2) is 30.3 Å². The Hall–Kier alpha value is -0.640. The molecule has 0 amide bonds. The highest BCUT2D eigenvalue weighted by molar-refractivity contribution is 6.42. The van der Waals surface area contributed by atoms with Crippen molar-refractivity contribution in [3.8, 4) is 5.75 Å². The first-order valence-electron chi connectivity index (χ1n) is 6.18. The van der Waals surface area contributed by atoms with Gasteiger partial charge in [-0.05, 0) is 30.7 Å². The first-order chi connectivity index (χ1) is 9.93. The van der Waals surface area contributed by atoms with Crippen molar-refractivity contribution in [3.05, 3.63) is 61.5 Å². The molecule has 21 heavy (non-hydrogen) atoms. The monoisotopic (exact) mass is 364 g/mol. The normalized spacial score (nSPS) is 12.3. The van der Waals surface area contributed by atoms with E-state index in [-0.39, 0.29) is 0 Å². The van der Waals surface area contributed by atoms with E-state index in [9.17, 15) is 5.11 Å². The van der Waals surface area contributed by atoms with Gasteiger partial charge in [-0.1, -0.05) is 52.5 Å². The number of hydrogen-bond acceptors (Lipinski definition) is 2. The molecule has 0 aliphatic carbocycles. The summed E-state index contributed by atoms with van der Waals surface area (Å²) in [5.74, 6) is 0.481. The van der Waals surface area contributed by atoms with Gasteiger partial charge in [0.15, 0.2) is 0 Å². The van der Waals surface area contributed by atoms with Gasteiger partial charge < -0.3 is 9.84 Å². The van der Waals surface area contributed by atoms with E-state index in [4.69, 9.17) is 51.1 Å². The SMILES string of the molecule is CCOc1cc(Cl)c(C(O)c2ccc(Cl)c(Cl)c2)cc1Cl. The lowest BCUT2D eigenvalue weighted by atomic mass is 10.0. The van der Waals surface area contributed by atoms with Crippen molar-refractivity contribution >= 4 is 46.4 Å². The van der Waals surface area contributed by atoms with Gasteiger partial charge in [-0.2, -0.15) is 0 Å². The van der Waals surface area contributed by atoms with Gasteiger partial charge in [-0.3, -0.25) is 0 Å². The van der Waals surface area contributed by atoms with Crippen LogP contribution in [0, 0.1) is 0 Å². The second-order valence-corrected chi connectivity index (χ2v) is 5.94. The first kappa shape index (κ1) is 16.7. The van der Waals surface area contributed by atoms with Gasteiger partial charge in [0.25, 0.3) is 0 Å². The van der Waals surface area contributed by atoms with E-state index in [0.717, 1.165) is 0 Å². The largest absolute Gasteiger partial charge is 0.492 e. The zero-order chi connectivity index (χ0) is 15.6. The molecule has 1 N–H and O–H groups in total. The summed E-state index contributed by atoms with van der Waals surface area (Å²) in [7, 11) is 0. The summed E-state index contributed by atoms with van der Waals surface area (Å²) in [5, 5.41) is 12.0. The molecule has 0 aliphatic heterocycles. The third-order valence-corrected chi connectivity index (χ3v) is 4.27. The summed E-state index contributed by atoms with van der Waals surface area (Å²) >= 11 is 24.1. The van der Waals surface area contributed by atoms with Crippen LogP contribution in [-0.4, -0.2) is 11.7 Å². The summed E-state index contributed by atoms with van der Waals surface area (Å²) in [6.45, 7) is 2.33. The maximum absolute atomic E-state index is 10.4. The number of halogens is 4. The molecule has 2 aromatic rings. The predicted octanol–water partition coefficient (Wildman–Crippen LogP) is 5.78. The van der Waals surface area contributed by atoms with Crippen molar-refractivity contribution in [1.29, 1.82) is 0 Å². The predicted molar refractivity (Wildman–Crippen MR) is 88.2 cm³/mol. The Morgan fingerprint density at radius 2 is 1.67 bits per heavy atom.